The van der Waals surface area contributed by atoms with E-state index < -0.39 is 17.5 Å². The maximum atomic E-state index is 13.7. The number of furan rings is 1. The van der Waals surface area contributed by atoms with E-state index in [4.69, 9.17) is 13.9 Å². The lowest BCUT2D eigenvalue weighted by molar-refractivity contribution is -0.128. The first kappa shape index (κ1) is 25.7. The molecule has 0 aliphatic heterocycles. The molecule has 11 nitrogen and oxygen atoms in total. The number of carbonyl (C=O) groups excluding carboxylic acids is 2. The molecule has 0 saturated heterocycles. The molecular formula is C24H32N6O5. The SMILES string of the molecule is CC[C@@H](C(=O)NC(C)(C)C)N(C(=O)Cn1nnc(-c2ccc(C)o2)n1)c1ccc(OC)cc1OC. The van der Waals surface area contributed by atoms with Crippen LogP contribution in [0.3, 0.4) is 0 Å². The summed E-state index contributed by atoms with van der Waals surface area (Å²) in [6.45, 7) is 9.05. The standard InChI is InChI=1S/C24H32N6O5/c1-8-17(23(32)25-24(3,4)5)30(18-11-10-16(33-6)13-20(18)34-7)21(31)14-29-27-22(26-28-29)19-12-9-15(2)35-19/h9-13,17H,8,14H2,1-7H3,(H,25,32)/t17-/m0/s1. The van der Waals surface area contributed by atoms with Crippen LogP contribution in [0.2, 0.25) is 0 Å². The van der Waals surface area contributed by atoms with E-state index in [0.717, 1.165) is 0 Å². The number of benzene rings is 1. The van der Waals surface area contributed by atoms with Crippen molar-refractivity contribution in [3.05, 3.63) is 36.1 Å². The largest absolute Gasteiger partial charge is 0.497 e. The summed E-state index contributed by atoms with van der Waals surface area (Å²) in [6, 6.07) is 7.77. The Morgan fingerprint density at radius 2 is 1.91 bits per heavy atom. The average molecular weight is 485 g/mol. The predicted molar refractivity (Wildman–Crippen MR) is 129 cm³/mol. The number of nitrogens with one attached hydrogen (secondary N) is 1. The molecule has 1 atom stereocenters. The van der Waals surface area contributed by atoms with E-state index >= 15 is 0 Å². The van der Waals surface area contributed by atoms with Gasteiger partial charge in [0.15, 0.2) is 5.76 Å². The van der Waals surface area contributed by atoms with Crippen LogP contribution < -0.4 is 19.7 Å². The number of ether oxygens (including phenoxy) is 2. The highest BCUT2D eigenvalue weighted by molar-refractivity contribution is 6.02. The number of hydrogen-bond donors (Lipinski definition) is 1. The molecule has 1 aromatic carbocycles. The van der Waals surface area contributed by atoms with Crippen molar-refractivity contribution < 1.29 is 23.5 Å². The van der Waals surface area contributed by atoms with Gasteiger partial charge < -0.3 is 19.2 Å². The monoisotopic (exact) mass is 484 g/mol. The molecule has 0 aliphatic rings. The third-order valence-electron chi connectivity index (χ3n) is 5.10. The predicted octanol–water partition coefficient (Wildman–Crippen LogP) is 2.99. The summed E-state index contributed by atoms with van der Waals surface area (Å²) < 4.78 is 16.4. The van der Waals surface area contributed by atoms with E-state index in [2.05, 4.69) is 20.7 Å². The first-order chi connectivity index (χ1) is 16.6. The van der Waals surface area contributed by atoms with Crippen molar-refractivity contribution in [1.29, 1.82) is 0 Å². The minimum atomic E-state index is -0.806. The Labute approximate surface area is 204 Å². The van der Waals surface area contributed by atoms with Gasteiger partial charge in [-0.1, -0.05) is 6.92 Å². The fraction of sp³-hybridized carbons (Fsp3) is 0.458. The number of carbonyl (C=O) groups is 2. The van der Waals surface area contributed by atoms with Crippen LogP contribution in [-0.2, 0) is 16.1 Å². The second kappa shape index (κ2) is 10.6. The fourth-order valence-corrected chi connectivity index (χ4v) is 3.56. The molecule has 3 rings (SSSR count). The molecule has 3 aromatic rings. The zero-order valence-corrected chi connectivity index (χ0v) is 21.2. The fourth-order valence-electron chi connectivity index (χ4n) is 3.56. The van der Waals surface area contributed by atoms with Crippen molar-refractivity contribution in [3.63, 3.8) is 0 Å². The highest BCUT2D eigenvalue weighted by Gasteiger charge is 2.34. The maximum Gasteiger partial charge on any atom is 0.251 e. The molecule has 1 N–H and O–H groups in total. The Morgan fingerprint density at radius 3 is 2.49 bits per heavy atom. The van der Waals surface area contributed by atoms with Gasteiger partial charge in [-0.25, -0.2) is 0 Å². The van der Waals surface area contributed by atoms with Crippen molar-refractivity contribution >= 4 is 17.5 Å². The summed E-state index contributed by atoms with van der Waals surface area (Å²) >= 11 is 0. The molecule has 2 amide bonds. The average Bonchev–Trinajstić information content (AvgIpc) is 3.44. The number of amides is 2. The normalized spacial score (nSPS) is 12.2. The Morgan fingerprint density at radius 1 is 1.17 bits per heavy atom. The quantitative estimate of drug-likeness (QED) is 0.491. The molecule has 35 heavy (non-hydrogen) atoms. The molecule has 0 saturated carbocycles. The highest BCUT2D eigenvalue weighted by Crippen LogP contribution is 2.34. The molecule has 0 fully saturated rings. The molecule has 2 aromatic heterocycles. The minimum absolute atomic E-state index is 0.249. The van der Waals surface area contributed by atoms with Crippen molar-refractivity contribution in [1.82, 2.24) is 25.5 Å². The number of nitrogens with zero attached hydrogens (tertiary/aromatic N) is 5. The number of aromatic nitrogens is 4. The van der Waals surface area contributed by atoms with Gasteiger partial charge in [-0.3, -0.25) is 14.5 Å². The third-order valence-corrected chi connectivity index (χ3v) is 5.10. The van der Waals surface area contributed by atoms with E-state index in [9.17, 15) is 9.59 Å². The van der Waals surface area contributed by atoms with Crippen LogP contribution >= 0.6 is 0 Å². The second-order valence-electron chi connectivity index (χ2n) is 9.02. The Balaban J connectivity index is 1.98. The Kier molecular flexibility index (Phi) is 7.78. The maximum absolute atomic E-state index is 13.7. The summed E-state index contributed by atoms with van der Waals surface area (Å²) in [6.07, 6.45) is 0.366. The zero-order valence-electron chi connectivity index (χ0n) is 21.2. The summed E-state index contributed by atoms with van der Waals surface area (Å²) in [5, 5.41) is 15.2. The Bertz CT molecular complexity index is 1180. The lowest BCUT2D eigenvalue weighted by atomic mass is 10.1. The molecule has 0 bridgehead atoms. The van der Waals surface area contributed by atoms with Gasteiger partial charge in [0.2, 0.25) is 11.7 Å². The number of methoxy groups -OCH3 is 2. The molecule has 2 heterocycles. The molecule has 0 spiro atoms. The smallest absolute Gasteiger partial charge is 0.251 e. The van der Waals surface area contributed by atoms with Gasteiger partial charge in [0, 0.05) is 11.6 Å². The lowest BCUT2D eigenvalue weighted by Crippen LogP contribution is -2.54. The van der Waals surface area contributed by atoms with Gasteiger partial charge in [-0.2, -0.15) is 4.80 Å². The molecule has 11 heteroatoms. The third kappa shape index (κ3) is 6.17. The van der Waals surface area contributed by atoms with Crippen molar-refractivity contribution in [2.24, 2.45) is 0 Å². The first-order valence-electron chi connectivity index (χ1n) is 11.3. The van der Waals surface area contributed by atoms with Crippen LogP contribution in [0, 0.1) is 6.92 Å². The second-order valence-corrected chi connectivity index (χ2v) is 9.02. The van der Waals surface area contributed by atoms with Gasteiger partial charge in [-0.05, 0) is 63.6 Å². The molecule has 0 radical (unpaired) electrons. The van der Waals surface area contributed by atoms with Gasteiger partial charge in [0.05, 0.1) is 19.9 Å². The number of anilines is 1. The number of aryl methyl sites for hydroxylation is 1. The van der Waals surface area contributed by atoms with E-state index in [1.54, 1.807) is 30.3 Å². The lowest BCUT2D eigenvalue weighted by Gasteiger charge is -2.33. The van der Waals surface area contributed by atoms with Crippen LogP contribution in [0.5, 0.6) is 11.5 Å². The van der Waals surface area contributed by atoms with Crippen molar-refractivity contribution in [3.8, 4) is 23.1 Å². The minimum Gasteiger partial charge on any atom is -0.497 e. The van der Waals surface area contributed by atoms with Crippen LogP contribution in [0.4, 0.5) is 5.69 Å². The van der Waals surface area contributed by atoms with E-state index in [1.165, 1.54) is 23.9 Å². The summed E-state index contributed by atoms with van der Waals surface area (Å²) in [7, 11) is 3.03. The Hall–Kier alpha value is -3.89. The summed E-state index contributed by atoms with van der Waals surface area (Å²) in [4.78, 5) is 29.5. The molecule has 0 aliphatic carbocycles. The van der Waals surface area contributed by atoms with E-state index in [-0.39, 0.29) is 18.3 Å². The molecular weight excluding hydrogens is 452 g/mol. The van der Waals surface area contributed by atoms with Crippen molar-refractivity contribution in [2.45, 2.75) is 59.2 Å². The van der Waals surface area contributed by atoms with Crippen molar-refractivity contribution in [2.75, 3.05) is 19.1 Å². The van der Waals surface area contributed by atoms with E-state index in [0.29, 0.717) is 35.1 Å². The van der Waals surface area contributed by atoms with Crippen LogP contribution in [-0.4, -0.2) is 57.8 Å². The number of tetrazole rings is 1. The van der Waals surface area contributed by atoms with Crippen LogP contribution in [0.1, 0.15) is 39.9 Å². The zero-order chi connectivity index (χ0) is 25.8. The van der Waals surface area contributed by atoms with Crippen LogP contribution in [0.15, 0.2) is 34.7 Å². The number of rotatable bonds is 9. The van der Waals surface area contributed by atoms with Gasteiger partial charge in [0.1, 0.15) is 29.8 Å². The highest BCUT2D eigenvalue weighted by atomic mass is 16.5. The molecule has 188 valence electrons. The van der Waals surface area contributed by atoms with E-state index in [1.807, 2.05) is 34.6 Å². The first-order valence-corrected chi connectivity index (χ1v) is 11.3. The van der Waals surface area contributed by atoms with Gasteiger partial charge in [0.25, 0.3) is 5.91 Å². The molecule has 0 unspecified atom stereocenters. The topological polar surface area (TPSA) is 125 Å². The van der Waals surface area contributed by atoms with Crippen LogP contribution in [0.25, 0.3) is 11.6 Å². The number of hydrogen-bond acceptors (Lipinski definition) is 8. The van der Waals surface area contributed by atoms with Gasteiger partial charge in [-0.15, -0.1) is 10.2 Å². The summed E-state index contributed by atoms with van der Waals surface area (Å²) in [5.74, 6) is 1.66. The van der Waals surface area contributed by atoms with Gasteiger partial charge >= 0.3 is 0 Å². The summed E-state index contributed by atoms with van der Waals surface area (Å²) in [5.41, 5.74) is -0.0524.